The molecule has 0 bridgehead atoms. The first-order valence-electron chi connectivity index (χ1n) is 10.4. The fraction of sp³-hybridized carbons (Fsp3) is 0.120. The lowest BCUT2D eigenvalue weighted by Crippen LogP contribution is -2.24. The van der Waals surface area contributed by atoms with Crippen LogP contribution in [0.3, 0.4) is 0 Å². The maximum absolute atomic E-state index is 14.0. The smallest absolute Gasteiger partial charge is 0.264 e. The highest BCUT2D eigenvalue weighted by molar-refractivity contribution is 7.93. The van der Waals surface area contributed by atoms with Crippen LogP contribution in [0.2, 0.25) is 0 Å². The summed E-state index contributed by atoms with van der Waals surface area (Å²) in [7, 11) is -4.12. The topological polar surface area (TPSA) is 94.5 Å². The molecule has 1 N–H and O–H groups in total. The number of aliphatic imine (C=N–C) groups is 1. The molecule has 0 aliphatic carbocycles. The molecule has 0 saturated carbocycles. The van der Waals surface area contributed by atoms with E-state index in [9.17, 15) is 17.9 Å². The van der Waals surface area contributed by atoms with Crippen molar-refractivity contribution in [1.29, 1.82) is 0 Å². The highest BCUT2D eigenvalue weighted by Gasteiger charge is 2.20. The van der Waals surface area contributed by atoms with Crippen LogP contribution >= 0.6 is 0 Å². The van der Waals surface area contributed by atoms with E-state index in [0.717, 1.165) is 17.7 Å². The lowest BCUT2D eigenvalue weighted by atomic mass is 10.1. The summed E-state index contributed by atoms with van der Waals surface area (Å²) in [4.78, 5) is 8.37. The summed E-state index contributed by atoms with van der Waals surface area (Å²) in [6, 6.07) is 20.4. The third-order valence-electron chi connectivity index (χ3n) is 5.19. The number of para-hydroxylation sites is 1. The van der Waals surface area contributed by atoms with Crippen molar-refractivity contribution in [2.75, 3.05) is 4.72 Å². The Kier molecular flexibility index (Phi) is 6.37. The van der Waals surface area contributed by atoms with Crippen LogP contribution in [0.5, 0.6) is 0 Å². The third kappa shape index (κ3) is 4.85. The van der Waals surface area contributed by atoms with E-state index in [1.807, 2.05) is 37.3 Å². The predicted octanol–water partition coefficient (Wildman–Crippen LogP) is 4.43. The van der Waals surface area contributed by atoms with Gasteiger partial charge >= 0.3 is 0 Å². The van der Waals surface area contributed by atoms with Gasteiger partial charge in [-0.15, -0.1) is 0 Å². The summed E-state index contributed by atoms with van der Waals surface area (Å²) in [5.74, 6) is -1.38. The minimum Gasteiger partial charge on any atom is -0.858 e. The number of nitrogens with zero attached hydrogens (tertiary/aromatic N) is 2. The molecule has 0 unspecified atom stereocenters. The van der Waals surface area contributed by atoms with Crippen LogP contribution in [0.4, 0.5) is 10.1 Å². The average molecular weight is 463 g/mol. The van der Waals surface area contributed by atoms with Crippen LogP contribution in [0.25, 0.3) is 10.9 Å². The Balaban J connectivity index is 1.74. The van der Waals surface area contributed by atoms with Crippen molar-refractivity contribution >= 4 is 32.5 Å². The molecule has 168 valence electrons. The molecule has 1 aromatic heterocycles. The van der Waals surface area contributed by atoms with E-state index in [1.54, 1.807) is 24.3 Å². The van der Waals surface area contributed by atoms with E-state index < -0.39 is 27.8 Å². The van der Waals surface area contributed by atoms with Gasteiger partial charge < -0.3 is 5.11 Å². The Bertz CT molecular complexity index is 1420. The van der Waals surface area contributed by atoms with Crippen LogP contribution < -0.4 is 9.83 Å². The molecule has 1 heterocycles. The second-order valence-electron chi connectivity index (χ2n) is 7.40. The Hall–Kier alpha value is -3.78. The van der Waals surface area contributed by atoms with Gasteiger partial charge in [-0.3, -0.25) is 14.7 Å². The van der Waals surface area contributed by atoms with Crippen LogP contribution in [0, 0.1) is 5.82 Å². The van der Waals surface area contributed by atoms with Crippen LogP contribution in [0.15, 0.2) is 94.9 Å². The number of anilines is 1. The molecule has 33 heavy (non-hydrogen) atoms. The first kappa shape index (κ1) is 22.4. The third-order valence-corrected chi connectivity index (χ3v) is 6.58. The summed E-state index contributed by atoms with van der Waals surface area (Å²) in [5.41, 5.74) is 0.915. The lowest BCUT2D eigenvalue weighted by molar-refractivity contribution is -0.213. The number of sulfonamides is 1. The molecule has 0 fully saturated rings. The molecule has 1 atom stereocenters. The van der Waals surface area contributed by atoms with Gasteiger partial charge in [0.25, 0.3) is 10.0 Å². The second kappa shape index (κ2) is 9.38. The highest BCUT2D eigenvalue weighted by Crippen LogP contribution is 2.27. The fourth-order valence-electron chi connectivity index (χ4n) is 3.56. The van der Waals surface area contributed by atoms with Crippen LogP contribution in [-0.2, 0) is 10.0 Å². The number of halogens is 1. The van der Waals surface area contributed by atoms with Gasteiger partial charge in [0.05, 0.1) is 17.2 Å². The summed E-state index contributed by atoms with van der Waals surface area (Å²) in [5, 5.41) is 13.7. The SMILES string of the molecule is CC[C@H](N=C([O-])c1cc(F)ccc1NS(=O)(=O)c1cccc2cccnc12)c1ccccc1. The predicted molar refractivity (Wildman–Crippen MR) is 125 cm³/mol. The number of aromatic nitrogens is 1. The Labute approximate surface area is 191 Å². The van der Waals surface area contributed by atoms with E-state index in [-0.39, 0.29) is 16.1 Å². The number of pyridine rings is 1. The van der Waals surface area contributed by atoms with Crippen molar-refractivity contribution in [2.45, 2.75) is 24.3 Å². The molecule has 0 radical (unpaired) electrons. The first-order chi connectivity index (χ1) is 15.9. The normalized spacial score (nSPS) is 13.1. The van der Waals surface area contributed by atoms with Gasteiger partial charge in [0.2, 0.25) is 0 Å². The molecule has 0 aliphatic heterocycles. The maximum atomic E-state index is 14.0. The van der Waals surface area contributed by atoms with Crippen molar-refractivity contribution in [3.63, 3.8) is 0 Å². The van der Waals surface area contributed by atoms with E-state index >= 15 is 0 Å². The minimum atomic E-state index is -4.12. The molecule has 0 aliphatic rings. The van der Waals surface area contributed by atoms with Crippen LogP contribution in [0.1, 0.15) is 30.5 Å². The van der Waals surface area contributed by atoms with Gasteiger partial charge in [-0.1, -0.05) is 55.5 Å². The number of benzene rings is 3. The molecule has 6 nitrogen and oxygen atoms in total. The number of hydrogen-bond acceptors (Lipinski definition) is 5. The summed E-state index contributed by atoms with van der Waals surface area (Å²) < 4.78 is 42.8. The van der Waals surface area contributed by atoms with Gasteiger partial charge in [-0.2, -0.15) is 0 Å². The number of rotatable bonds is 7. The van der Waals surface area contributed by atoms with Gasteiger partial charge in [0.1, 0.15) is 10.7 Å². The maximum Gasteiger partial charge on any atom is 0.264 e. The standard InChI is InChI=1S/C25H22FN3O3S/c1-2-21(17-8-4-3-5-9-17)28-25(30)20-16-19(26)13-14-22(20)29-33(31,32)23-12-6-10-18-11-7-15-27-24(18)23/h3-16,21,29H,2H2,1H3,(H,28,30)/p-1/t21-/m0/s1. The molecule has 3 aromatic carbocycles. The Morgan fingerprint density at radius 3 is 2.58 bits per heavy atom. The Morgan fingerprint density at radius 2 is 1.82 bits per heavy atom. The average Bonchev–Trinajstić information content (AvgIpc) is 2.83. The highest BCUT2D eigenvalue weighted by atomic mass is 32.2. The zero-order chi connectivity index (χ0) is 23.4. The summed E-state index contributed by atoms with van der Waals surface area (Å²) in [6.45, 7) is 1.89. The molecule has 0 saturated heterocycles. The van der Waals surface area contributed by atoms with Crippen molar-refractivity contribution in [3.05, 3.63) is 102 Å². The molecule has 8 heteroatoms. The van der Waals surface area contributed by atoms with Crippen molar-refractivity contribution in [1.82, 2.24) is 4.98 Å². The quantitative estimate of drug-likeness (QED) is 0.325. The van der Waals surface area contributed by atoms with E-state index in [0.29, 0.717) is 17.3 Å². The second-order valence-corrected chi connectivity index (χ2v) is 9.05. The van der Waals surface area contributed by atoms with Gasteiger partial charge in [-0.05, 0) is 48.2 Å². The number of nitrogens with one attached hydrogen (secondary N) is 1. The summed E-state index contributed by atoms with van der Waals surface area (Å²) >= 11 is 0. The van der Waals surface area contributed by atoms with E-state index in [4.69, 9.17) is 0 Å². The summed E-state index contributed by atoms with van der Waals surface area (Å²) in [6.07, 6.45) is 2.05. The molecular formula is C25H21FN3O3S-. The van der Waals surface area contributed by atoms with Crippen molar-refractivity contribution in [3.8, 4) is 0 Å². The van der Waals surface area contributed by atoms with Crippen molar-refractivity contribution < 1.29 is 17.9 Å². The van der Waals surface area contributed by atoms with Gasteiger partial charge in [-0.25, -0.2) is 12.8 Å². The van der Waals surface area contributed by atoms with Crippen LogP contribution in [-0.4, -0.2) is 19.3 Å². The van der Waals surface area contributed by atoms with Gasteiger partial charge in [0.15, 0.2) is 0 Å². The van der Waals surface area contributed by atoms with Crippen molar-refractivity contribution in [2.24, 2.45) is 4.99 Å². The van der Waals surface area contributed by atoms with E-state index in [1.165, 1.54) is 18.3 Å². The van der Waals surface area contributed by atoms with Gasteiger partial charge in [0, 0.05) is 17.1 Å². The van der Waals surface area contributed by atoms with E-state index in [2.05, 4.69) is 14.7 Å². The first-order valence-corrected chi connectivity index (χ1v) is 11.8. The largest absolute Gasteiger partial charge is 0.858 e. The zero-order valence-electron chi connectivity index (χ0n) is 17.8. The molecule has 4 rings (SSSR count). The number of hydrogen-bond donors (Lipinski definition) is 1. The molecule has 0 amide bonds. The fourth-order valence-corrected chi connectivity index (χ4v) is 4.82. The lowest BCUT2D eigenvalue weighted by Gasteiger charge is -2.20. The number of fused-ring (bicyclic) bond motifs is 1. The zero-order valence-corrected chi connectivity index (χ0v) is 18.6. The minimum absolute atomic E-state index is 0.0454. The molecule has 4 aromatic rings. The molecular weight excluding hydrogens is 441 g/mol. The monoisotopic (exact) mass is 462 g/mol. The Morgan fingerprint density at radius 1 is 1.06 bits per heavy atom. The molecule has 0 spiro atoms.